The number of carbonyl (C=O) groups is 1. The summed E-state index contributed by atoms with van der Waals surface area (Å²) in [6.07, 6.45) is 4.93. The van der Waals surface area contributed by atoms with Crippen molar-refractivity contribution in [3.8, 4) is 0 Å². The van der Waals surface area contributed by atoms with E-state index in [9.17, 15) is 4.79 Å². The number of rotatable bonds is 9. The molecule has 0 aliphatic carbocycles. The van der Waals surface area contributed by atoms with E-state index in [0.29, 0.717) is 30.2 Å². The normalized spacial score (nSPS) is 17.2. The maximum Gasteiger partial charge on any atom is 0.273 e. The molecule has 0 saturated carbocycles. The highest BCUT2D eigenvalue weighted by atomic mass is 16.2. The number of piperidine rings is 1. The van der Waals surface area contributed by atoms with Crippen molar-refractivity contribution in [3.05, 3.63) is 11.9 Å². The van der Waals surface area contributed by atoms with Crippen molar-refractivity contribution < 1.29 is 4.79 Å². The van der Waals surface area contributed by atoms with Crippen molar-refractivity contribution in [2.24, 2.45) is 5.92 Å². The van der Waals surface area contributed by atoms with Gasteiger partial charge < -0.3 is 10.6 Å². The lowest BCUT2D eigenvalue weighted by Crippen LogP contribution is -2.44. The third kappa shape index (κ3) is 5.78. The van der Waals surface area contributed by atoms with E-state index in [1.54, 1.807) is 6.20 Å². The molecule has 142 valence electrons. The van der Waals surface area contributed by atoms with Crippen LogP contribution in [-0.2, 0) is 0 Å². The van der Waals surface area contributed by atoms with Crippen LogP contribution >= 0.6 is 0 Å². The standard InChI is InChI=1S/C18H34N6O/c1-5-23(6-2)16(11-14(3)4)12-20-18(25)17-13-24(22-21-17)15-7-9-19-10-8-15/h13-16,19H,5-12H2,1-4H3,(H,20,25). The third-order valence-corrected chi connectivity index (χ3v) is 5.00. The van der Waals surface area contributed by atoms with Crippen molar-refractivity contribution in [3.63, 3.8) is 0 Å². The van der Waals surface area contributed by atoms with Gasteiger partial charge in [0, 0.05) is 12.6 Å². The fourth-order valence-corrected chi connectivity index (χ4v) is 3.58. The summed E-state index contributed by atoms with van der Waals surface area (Å²) in [6, 6.07) is 0.707. The first-order valence-corrected chi connectivity index (χ1v) is 9.69. The predicted octanol–water partition coefficient (Wildman–Crippen LogP) is 1.69. The summed E-state index contributed by atoms with van der Waals surface area (Å²) in [5, 5.41) is 14.7. The summed E-state index contributed by atoms with van der Waals surface area (Å²) in [6.45, 7) is 13.4. The monoisotopic (exact) mass is 350 g/mol. The summed E-state index contributed by atoms with van der Waals surface area (Å²) >= 11 is 0. The molecule has 0 bridgehead atoms. The minimum atomic E-state index is -0.124. The Morgan fingerprint density at radius 3 is 2.64 bits per heavy atom. The number of aromatic nitrogens is 3. The lowest BCUT2D eigenvalue weighted by molar-refractivity contribution is 0.0924. The maximum absolute atomic E-state index is 12.5. The van der Waals surface area contributed by atoms with Crippen LogP contribution in [0.25, 0.3) is 0 Å². The van der Waals surface area contributed by atoms with Crippen LogP contribution in [0.3, 0.4) is 0 Å². The molecular weight excluding hydrogens is 316 g/mol. The number of carbonyl (C=O) groups excluding carboxylic acids is 1. The molecular formula is C18H34N6O. The highest BCUT2D eigenvalue weighted by Crippen LogP contribution is 2.17. The van der Waals surface area contributed by atoms with Gasteiger partial charge in [0.1, 0.15) is 0 Å². The fourth-order valence-electron chi connectivity index (χ4n) is 3.58. The highest BCUT2D eigenvalue weighted by Gasteiger charge is 2.21. The van der Waals surface area contributed by atoms with E-state index in [0.717, 1.165) is 45.4 Å². The van der Waals surface area contributed by atoms with E-state index in [1.807, 2.05) is 4.68 Å². The molecule has 1 aliphatic heterocycles. The molecule has 1 aromatic rings. The van der Waals surface area contributed by atoms with Crippen molar-refractivity contribution >= 4 is 5.91 Å². The van der Waals surface area contributed by atoms with Crippen LogP contribution in [0.5, 0.6) is 0 Å². The molecule has 1 atom stereocenters. The maximum atomic E-state index is 12.5. The van der Waals surface area contributed by atoms with Crippen molar-refractivity contribution in [2.45, 2.75) is 59.0 Å². The summed E-state index contributed by atoms with van der Waals surface area (Å²) in [4.78, 5) is 14.9. The average Bonchev–Trinajstić information content (AvgIpc) is 3.11. The van der Waals surface area contributed by atoms with E-state index in [1.165, 1.54) is 0 Å². The molecule has 7 nitrogen and oxygen atoms in total. The van der Waals surface area contributed by atoms with Gasteiger partial charge >= 0.3 is 0 Å². The minimum absolute atomic E-state index is 0.124. The number of likely N-dealkylation sites (N-methyl/N-ethyl adjacent to an activating group) is 1. The van der Waals surface area contributed by atoms with Gasteiger partial charge in [-0.25, -0.2) is 4.68 Å². The summed E-state index contributed by atoms with van der Waals surface area (Å²) in [5.74, 6) is 0.476. The van der Waals surface area contributed by atoms with E-state index in [-0.39, 0.29) is 5.91 Å². The molecule has 0 spiro atoms. The van der Waals surface area contributed by atoms with Gasteiger partial charge in [0.2, 0.25) is 0 Å². The SMILES string of the molecule is CCN(CC)C(CNC(=O)c1cn(C2CCNCC2)nn1)CC(C)C. The van der Waals surface area contributed by atoms with Gasteiger partial charge in [-0.2, -0.15) is 0 Å². The second-order valence-electron chi connectivity index (χ2n) is 7.28. The van der Waals surface area contributed by atoms with Gasteiger partial charge in [-0.3, -0.25) is 9.69 Å². The Bertz CT molecular complexity index is 519. The molecule has 1 fully saturated rings. The topological polar surface area (TPSA) is 75.1 Å². The van der Waals surface area contributed by atoms with Gasteiger partial charge in [0.25, 0.3) is 5.91 Å². The average molecular weight is 351 g/mol. The molecule has 1 unspecified atom stereocenters. The molecule has 25 heavy (non-hydrogen) atoms. The van der Waals surface area contributed by atoms with Crippen LogP contribution in [0.15, 0.2) is 6.20 Å². The molecule has 7 heteroatoms. The van der Waals surface area contributed by atoms with Crippen LogP contribution in [-0.4, -0.2) is 64.6 Å². The molecule has 2 rings (SSSR count). The quantitative estimate of drug-likeness (QED) is 0.709. The molecule has 1 saturated heterocycles. The molecule has 1 aromatic heterocycles. The smallest absolute Gasteiger partial charge is 0.273 e. The lowest BCUT2D eigenvalue weighted by atomic mass is 10.0. The van der Waals surface area contributed by atoms with Crippen LogP contribution < -0.4 is 10.6 Å². The first-order valence-electron chi connectivity index (χ1n) is 9.69. The molecule has 0 radical (unpaired) electrons. The first-order chi connectivity index (χ1) is 12.0. The summed E-state index contributed by atoms with van der Waals surface area (Å²) in [7, 11) is 0. The molecule has 2 N–H and O–H groups in total. The zero-order valence-electron chi connectivity index (χ0n) is 16.2. The van der Waals surface area contributed by atoms with E-state index in [4.69, 9.17) is 0 Å². The Hall–Kier alpha value is -1.47. The Labute approximate surface area is 151 Å². The van der Waals surface area contributed by atoms with Crippen molar-refractivity contribution in [1.82, 2.24) is 30.5 Å². The predicted molar refractivity (Wildman–Crippen MR) is 99.7 cm³/mol. The van der Waals surface area contributed by atoms with Crippen LogP contribution in [0.1, 0.15) is 63.5 Å². The van der Waals surface area contributed by atoms with Crippen LogP contribution in [0, 0.1) is 5.92 Å². The van der Waals surface area contributed by atoms with Gasteiger partial charge in [0.05, 0.1) is 12.2 Å². The molecule has 0 aromatic carbocycles. The summed E-state index contributed by atoms with van der Waals surface area (Å²) in [5.41, 5.74) is 0.418. The summed E-state index contributed by atoms with van der Waals surface area (Å²) < 4.78 is 1.85. The molecule has 1 aliphatic rings. The lowest BCUT2D eigenvalue weighted by Gasteiger charge is -2.31. The first kappa shape index (κ1) is 19.8. The fraction of sp³-hybridized carbons (Fsp3) is 0.833. The third-order valence-electron chi connectivity index (χ3n) is 5.00. The van der Waals surface area contributed by atoms with Crippen LogP contribution in [0.2, 0.25) is 0 Å². The van der Waals surface area contributed by atoms with Crippen LogP contribution in [0.4, 0.5) is 0 Å². The minimum Gasteiger partial charge on any atom is -0.349 e. The van der Waals surface area contributed by atoms with Gasteiger partial charge in [-0.15, -0.1) is 5.10 Å². The molecule has 2 heterocycles. The molecule has 1 amide bonds. The zero-order valence-corrected chi connectivity index (χ0v) is 16.2. The highest BCUT2D eigenvalue weighted by molar-refractivity contribution is 5.91. The Balaban J connectivity index is 1.92. The van der Waals surface area contributed by atoms with Gasteiger partial charge in [-0.1, -0.05) is 32.9 Å². The number of hydrogen-bond acceptors (Lipinski definition) is 5. The van der Waals surface area contributed by atoms with E-state index in [2.05, 4.69) is 53.5 Å². The van der Waals surface area contributed by atoms with E-state index < -0.39 is 0 Å². The zero-order chi connectivity index (χ0) is 18.2. The number of hydrogen-bond donors (Lipinski definition) is 2. The van der Waals surface area contributed by atoms with Crippen molar-refractivity contribution in [2.75, 3.05) is 32.7 Å². The van der Waals surface area contributed by atoms with Gasteiger partial charge in [0.15, 0.2) is 5.69 Å². The second-order valence-corrected chi connectivity index (χ2v) is 7.28. The van der Waals surface area contributed by atoms with E-state index >= 15 is 0 Å². The second kappa shape index (κ2) is 9.87. The number of amides is 1. The Morgan fingerprint density at radius 1 is 1.36 bits per heavy atom. The number of nitrogens with zero attached hydrogens (tertiary/aromatic N) is 4. The Kier molecular flexibility index (Phi) is 7.84. The largest absolute Gasteiger partial charge is 0.349 e. The van der Waals surface area contributed by atoms with Gasteiger partial charge in [-0.05, 0) is 51.4 Å². The Morgan fingerprint density at radius 2 is 2.04 bits per heavy atom. The number of nitrogens with one attached hydrogen (secondary N) is 2. The van der Waals surface area contributed by atoms with Crippen molar-refractivity contribution in [1.29, 1.82) is 0 Å².